The van der Waals surface area contributed by atoms with Gasteiger partial charge in [-0.25, -0.2) is 0 Å². The smallest absolute Gasteiger partial charge is 0.0110 e. The number of rotatable bonds is 11. The summed E-state index contributed by atoms with van der Waals surface area (Å²) in [7, 11) is 0. The van der Waals surface area contributed by atoms with Crippen molar-refractivity contribution in [2.24, 2.45) is 0 Å². The summed E-state index contributed by atoms with van der Waals surface area (Å²) in [5.74, 6) is 0. The molecule has 1 N–H and O–H groups in total. The van der Waals surface area contributed by atoms with E-state index in [2.05, 4.69) is 37.9 Å². The highest BCUT2D eigenvalue weighted by Gasteiger charge is 2.07. The first kappa shape index (κ1) is 15.9. The number of hydrogen-bond donors (Lipinski definition) is 1. The molecule has 0 fully saturated rings. The van der Waals surface area contributed by atoms with Gasteiger partial charge in [0.2, 0.25) is 0 Å². The van der Waals surface area contributed by atoms with Gasteiger partial charge in [-0.3, -0.25) is 4.90 Å². The van der Waals surface area contributed by atoms with Crippen molar-refractivity contribution in [3.63, 3.8) is 0 Å². The van der Waals surface area contributed by atoms with Gasteiger partial charge in [0.1, 0.15) is 0 Å². The quantitative estimate of drug-likeness (QED) is 0.546. The standard InChI is InChI=1S/C14H32N2/c1-5-7-9-12-16(14(3)4)13-11-15-10-8-6-2/h14-15H,5-13H2,1-4H3. The molecule has 0 amide bonds. The van der Waals surface area contributed by atoms with Crippen molar-refractivity contribution in [2.45, 2.75) is 65.8 Å². The molecule has 0 bridgehead atoms. The Labute approximate surface area is 103 Å². The summed E-state index contributed by atoms with van der Waals surface area (Å²) < 4.78 is 0. The molecule has 0 heterocycles. The van der Waals surface area contributed by atoms with Crippen LogP contribution in [0, 0.1) is 0 Å². The number of nitrogens with one attached hydrogen (secondary N) is 1. The Balaban J connectivity index is 3.52. The van der Waals surface area contributed by atoms with Crippen LogP contribution in [0.1, 0.15) is 59.8 Å². The lowest BCUT2D eigenvalue weighted by Gasteiger charge is -2.26. The van der Waals surface area contributed by atoms with Gasteiger partial charge in [-0.15, -0.1) is 0 Å². The van der Waals surface area contributed by atoms with E-state index < -0.39 is 0 Å². The minimum Gasteiger partial charge on any atom is -0.315 e. The zero-order valence-electron chi connectivity index (χ0n) is 11.9. The molecule has 0 aliphatic carbocycles. The topological polar surface area (TPSA) is 15.3 Å². The van der Waals surface area contributed by atoms with Gasteiger partial charge < -0.3 is 5.32 Å². The van der Waals surface area contributed by atoms with E-state index in [9.17, 15) is 0 Å². The SMILES string of the molecule is CCCCCN(CCNCCCC)C(C)C. The van der Waals surface area contributed by atoms with Crippen molar-refractivity contribution in [3.8, 4) is 0 Å². The maximum absolute atomic E-state index is 3.52. The van der Waals surface area contributed by atoms with E-state index in [1.165, 1.54) is 51.7 Å². The summed E-state index contributed by atoms with van der Waals surface area (Å²) in [5.41, 5.74) is 0. The van der Waals surface area contributed by atoms with Gasteiger partial charge in [-0.1, -0.05) is 33.1 Å². The fraction of sp³-hybridized carbons (Fsp3) is 1.00. The fourth-order valence-corrected chi connectivity index (χ4v) is 1.84. The van der Waals surface area contributed by atoms with Gasteiger partial charge in [0.15, 0.2) is 0 Å². The van der Waals surface area contributed by atoms with Gasteiger partial charge in [-0.05, 0) is 39.8 Å². The van der Waals surface area contributed by atoms with E-state index in [0.29, 0.717) is 6.04 Å². The summed E-state index contributed by atoms with van der Waals surface area (Å²) in [6.45, 7) is 13.9. The third-order valence-corrected chi connectivity index (χ3v) is 3.06. The fourth-order valence-electron chi connectivity index (χ4n) is 1.84. The second kappa shape index (κ2) is 11.4. The molecule has 0 spiro atoms. The van der Waals surface area contributed by atoms with E-state index >= 15 is 0 Å². The predicted molar refractivity (Wildman–Crippen MR) is 74.0 cm³/mol. The molecule has 2 heteroatoms. The molecular weight excluding hydrogens is 196 g/mol. The molecule has 0 rings (SSSR count). The van der Waals surface area contributed by atoms with Crippen molar-refractivity contribution >= 4 is 0 Å². The second-order valence-corrected chi connectivity index (χ2v) is 4.94. The summed E-state index contributed by atoms with van der Waals surface area (Å²) in [6.07, 6.45) is 6.63. The normalized spacial score (nSPS) is 11.6. The molecule has 0 aliphatic heterocycles. The molecular formula is C14H32N2. The van der Waals surface area contributed by atoms with Crippen LogP contribution >= 0.6 is 0 Å². The Bertz CT molecular complexity index is 135. The van der Waals surface area contributed by atoms with Gasteiger partial charge in [0.05, 0.1) is 0 Å². The van der Waals surface area contributed by atoms with Crippen molar-refractivity contribution in [1.29, 1.82) is 0 Å². The summed E-state index contributed by atoms with van der Waals surface area (Å²) in [4.78, 5) is 2.59. The second-order valence-electron chi connectivity index (χ2n) is 4.94. The summed E-state index contributed by atoms with van der Waals surface area (Å²) in [6, 6.07) is 0.685. The highest BCUT2D eigenvalue weighted by atomic mass is 15.2. The Hall–Kier alpha value is -0.0800. The van der Waals surface area contributed by atoms with Gasteiger partial charge >= 0.3 is 0 Å². The number of nitrogens with zero attached hydrogens (tertiary/aromatic N) is 1. The van der Waals surface area contributed by atoms with E-state index in [1.807, 2.05) is 0 Å². The minimum absolute atomic E-state index is 0.685. The zero-order valence-corrected chi connectivity index (χ0v) is 11.9. The van der Waals surface area contributed by atoms with E-state index in [-0.39, 0.29) is 0 Å². The van der Waals surface area contributed by atoms with E-state index in [4.69, 9.17) is 0 Å². The molecule has 0 radical (unpaired) electrons. The maximum Gasteiger partial charge on any atom is 0.0110 e. The number of hydrogen-bond acceptors (Lipinski definition) is 2. The number of unbranched alkanes of at least 4 members (excludes halogenated alkanes) is 3. The largest absolute Gasteiger partial charge is 0.315 e. The third kappa shape index (κ3) is 9.17. The highest BCUT2D eigenvalue weighted by molar-refractivity contribution is 4.64. The van der Waals surface area contributed by atoms with Crippen molar-refractivity contribution in [1.82, 2.24) is 10.2 Å². The molecule has 0 aromatic carbocycles. The summed E-state index contributed by atoms with van der Waals surface area (Å²) in [5, 5.41) is 3.52. The molecule has 98 valence electrons. The zero-order chi connectivity index (χ0) is 12.2. The van der Waals surface area contributed by atoms with Gasteiger partial charge in [0.25, 0.3) is 0 Å². The molecule has 16 heavy (non-hydrogen) atoms. The molecule has 0 unspecified atom stereocenters. The van der Waals surface area contributed by atoms with Crippen molar-refractivity contribution in [3.05, 3.63) is 0 Å². The Morgan fingerprint density at radius 2 is 1.56 bits per heavy atom. The van der Waals surface area contributed by atoms with Crippen molar-refractivity contribution < 1.29 is 0 Å². The van der Waals surface area contributed by atoms with Gasteiger partial charge in [-0.2, -0.15) is 0 Å². The summed E-state index contributed by atoms with van der Waals surface area (Å²) >= 11 is 0. The van der Waals surface area contributed by atoms with Crippen LogP contribution < -0.4 is 5.32 Å². The average Bonchev–Trinajstić information content (AvgIpc) is 2.26. The predicted octanol–water partition coefficient (Wildman–Crippen LogP) is 3.28. The molecule has 0 atom stereocenters. The molecule has 2 nitrogen and oxygen atoms in total. The lowest BCUT2D eigenvalue weighted by molar-refractivity contribution is 0.217. The van der Waals surface area contributed by atoms with Crippen LogP contribution in [-0.2, 0) is 0 Å². The maximum atomic E-state index is 3.52. The van der Waals surface area contributed by atoms with Gasteiger partial charge in [0, 0.05) is 19.1 Å². The monoisotopic (exact) mass is 228 g/mol. The third-order valence-electron chi connectivity index (χ3n) is 3.06. The van der Waals surface area contributed by atoms with Crippen LogP contribution in [0.3, 0.4) is 0 Å². The van der Waals surface area contributed by atoms with Crippen LogP contribution in [0.2, 0.25) is 0 Å². The van der Waals surface area contributed by atoms with Crippen LogP contribution in [0.5, 0.6) is 0 Å². The van der Waals surface area contributed by atoms with Crippen LogP contribution in [0.4, 0.5) is 0 Å². The first-order chi connectivity index (χ1) is 7.72. The lowest BCUT2D eigenvalue weighted by Crippen LogP contribution is -2.37. The van der Waals surface area contributed by atoms with Crippen LogP contribution in [-0.4, -0.2) is 37.1 Å². The first-order valence-electron chi connectivity index (χ1n) is 7.17. The highest BCUT2D eigenvalue weighted by Crippen LogP contribution is 2.02. The average molecular weight is 228 g/mol. The minimum atomic E-state index is 0.685. The van der Waals surface area contributed by atoms with Crippen LogP contribution in [0.15, 0.2) is 0 Å². The van der Waals surface area contributed by atoms with E-state index in [0.717, 1.165) is 6.54 Å². The molecule has 0 aliphatic rings. The lowest BCUT2D eigenvalue weighted by atomic mass is 10.2. The Morgan fingerprint density at radius 1 is 0.875 bits per heavy atom. The van der Waals surface area contributed by atoms with Crippen LogP contribution in [0.25, 0.3) is 0 Å². The molecule has 0 saturated carbocycles. The Kier molecular flexibility index (Phi) is 11.3. The van der Waals surface area contributed by atoms with E-state index in [1.54, 1.807) is 0 Å². The Morgan fingerprint density at radius 3 is 2.12 bits per heavy atom. The molecule has 0 aromatic heterocycles. The first-order valence-corrected chi connectivity index (χ1v) is 7.17. The van der Waals surface area contributed by atoms with Crippen molar-refractivity contribution in [2.75, 3.05) is 26.2 Å². The molecule has 0 aromatic rings. The molecule has 0 saturated heterocycles.